The van der Waals surface area contributed by atoms with Crippen molar-refractivity contribution in [2.45, 2.75) is 20.3 Å². The van der Waals surface area contributed by atoms with E-state index in [9.17, 15) is 9.59 Å². The lowest BCUT2D eigenvalue weighted by Crippen LogP contribution is -2.16. The van der Waals surface area contributed by atoms with Crippen molar-refractivity contribution in [3.05, 3.63) is 53.2 Å². The minimum atomic E-state index is -0.747. The van der Waals surface area contributed by atoms with E-state index in [0.29, 0.717) is 23.2 Å². The number of hydrogen-bond acceptors (Lipinski definition) is 4. The summed E-state index contributed by atoms with van der Waals surface area (Å²) in [5.41, 5.74) is 7.06. The highest BCUT2D eigenvalue weighted by molar-refractivity contribution is 6.13. The Hall–Kier alpha value is -3.02. The van der Waals surface area contributed by atoms with Crippen LogP contribution in [0.15, 0.2) is 39.2 Å². The van der Waals surface area contributed by atoms with E-state index in [2.05, 4.69) is 5.32 Å². The summed E-state index contributed by atoms with van der Waals surface area (Å²) >= 11 is 0. The van der Waals surface area contributed by atoms with Gasteiger partial charge in [-0.2, -0.15) is 0 Å². The molecule has 1 aromatic carbocycles. The number of aryl methyl sites for hydroxylation is 2. The molecule has 0 atom stereocenters. The number of nitrogens with one attached hydrogen (secondary N) is 1. The second kappa shape index (κ2) is 5.64. The second-order valence-corrected chi connectivity index (χ2v) is 5.24. The summed E-state index contributed by atoms with van der Waals surface area (Å²) < 4.78 is 10.9. The van der Waals surface area contributed by atoms with Gasteiger partial charge in [-0.25, -0.2) is 0 Å². The Balaban J connectivity index is 2.03. The smallest absolute Gasteiger partial charge is 0.291 e. The van der Waals surface area contributed by atoms with Gasteiger partial charge in [0.2, 0.25) is 5.76 Å². The first-order valence-corrected chi connectivity index (χ1v) is 7.22. The van der Waals surface area contributed by atoms with Crippen LogP contribution in [0.3, 0.4) is 0 Å². The van der Waals surface area contributed by atoms with Crippen LogP contribution >= 0.6 is 0 Å². The second-order valence-electron chi connectivity index (χ2n) is 5.24. The summed E-state index contributed by atoms with van der Waals surface area (Å²) in [6.45, 7) is 3.83. The lowest BCUT2D eigenvalue weighted by Gasteiger charge is -2.03. The van der Waals surface area contributed by atoms with Crippen LogP contribution in [0.4, 0.5) is 5.69 Å². The summed E-state index contributed by atoms with van der Waals surface area (Å²) in [7, 11) is 0. The van der Waals surface area contributed by atoms with Gasteiger partial charge in [-0.15, -0.1) is 0 Å². The minimum Gasteiger partial charge on any atom is -0.456 e. The molecule has 3 rings (SSSR count). The van der Waals surface area contributed by atoms with Gasteiger partial charge in [-0.3, -0.25) is 9.59 Å². The number of carbonyl (C=O) groups is 2. The van der Waals surface area contributed by atoms with Gasteiger partial charge in [0.1, 0.15) is 17.0 Å². The number of fused-ring (bicyclic) bond motifs is 1. The molecular formula is C17H16N2O4. The van der Waals surface area contributed by atoms with E-state index in [1.54, 1.807) is 18.2 Å². The number of nitrogens with two attached hydrogens (primary N) is 1. The molecule has 0 saturated carbocycles. The van der Waals surface area contributed by atoms with Gasteiger partial charge in [-0.1, -0.05) is 18.6 Å². The van der Waals surface area contributed by atoms with Crippen molar-refractivity contribution >= 4 is 28.5 Å². The number of hydrogen-bond donors (Lipinski definition) is 2. The number of amides is 2. The van der Waals surface area contributed by atoms with Crippen molar-refractivity contribution in [3.63, 3.8) is 0 Å². The van der Waals surface area contributed by atoms with Gasteiger partial charge < -0.3 is 19.9 Å². The number of anilines is 1. The molecule has 0 aliphatic rings. The fourth-order valence-electron chi connectivity index (χ4n) is 2.37. The zero-order chi connectivity index (χ0) is 16.6. The largest absolute Gasteiger partial charge is 0.456 e. The highest BCUT2D eigenvalue weighted by Gasteiger charge is 2.22. The molecule has 2 heterocycles. The Bertz CT molecular complexity index is 905. The molecule has 2 aromatic heterocycles. The van der Waals surface area contributed by atoms with Crippen molar-refractivity contribution in [1.29, 1.82) is 0 Å². The van der Waals surface area contributed by atoms with Gasteiger partial charge in [0.05, 0.1) is 0 Å². The third-order valence-electron chi connectivity index (χ3n) is 3.54. The third kappa shape index (κ3) is 2.70. The summed E-state index contributed by atoms with van der Waals surface area (Å²) in [5.74, 6) is -0.419. The van der Waals surface area contributed by atoms with Crippen LogP contribution in [0.1, 0.15) is 39.4 Å². The third-order valence-corrected chi connectivity index (χ3v) is 3.54. The van der Waals surface area contributed by atoms with E-state index in [4.69, 9.17) is 14.6 Å². The normalized spacial score (nSPS) is 10.9. The Morgan fingerprint density at radius 3 is 2.61 bits per heavy atom. The number of primary amides is 1. The first-order valence-electron chi connectivity index (χ1n) is 7.22. The standard InChI is InChI=1S/C17H16N2O4/c1-3-10-5-7-13(22-10)17(21)19-14-11-8-9(2)4-6-12(11)23-15(14)16(18)20/h4-8H,3H2,1-2H3,(H2,18,20)(H,19,21). The molecule has 0 radical (unpaired) electrons. The Kier molecular flexibility index (Phi) is 3.65. The lowest BCUT2D eigenvalue weighted by atomic mass is 10.1. The predicted octanol–water partition coefficient (Wildman–Crippen LogP) is 3.25. The molecule has 6 heteroatoms. The summed E-state index contributed by atoms with van der Waals surface area (Å²) in [6.07, 6.45) is 0.688. The van der Waals surface area contributed by atoms with Crippen LogP contribution in [0.2, 0.25) is 0 Å². The zero-order valence-corrected chi connectivity index (χ0v) is 12.8. The van der Waals surface area contributed by atoms with Crippen LogP contribution in [-0.2, 0) is 6.42 Å². The molecule has 6 nitrogen and oxygen atoms in total. The molecule has 2 amide bonds. The highest BCUT2D eigenvalue weighted by atomic mass is 16.4. The molecule has 3 N–H and O–H groups in total. The fourth-order valence-corrected chi connectivity index (χ4v) is 2.37. The summed E-state index contributed by atoms with van der Waals surface area (Å²) in [5, 5.41) is 3.29. The first-order chi connectivity index (χ1) is 11.0. The Labute approximate surface area is 132 Å². The molecular weight excluding hydrogens is 296 g/mol. The summed E-state index contributed by atoms with van der Waals surface area (Å²) in [6, 6.07) is 8.73. The number of rotatable bonds is 4. The number of carbonyl (C=O) groups excluding carboxylic acids is 2. The molecule has 118 valence electrons. The maximum absolute atomic E-state index is 12.3. The van der Waals surface area contributed by atoms with E-state index in [1.165, 1.54) is 0 Å². The maximum Gasteiger partial charge on any atom is 0.291 e. The van der Waals surface area contributed by atoms with Crippen molar-refractivity contribution < 1.29 is 18.4 Å². The highest BCUT2D eigenvalue weighted by Crippen LogP contribution is 2.32. The Morgan fingerprint density at radius 2 is 1.96 bits per heavy atom. The van der Waals surface area contributed by atoms with Crippen LogP contribution < -0.4 is 11.1 Å². The molecule has 23 heavy (non-hydrogen) atoms. The van der Waals surface area contributed by atoms with Gasteiger partial charge in [-0.05, 0) is 31.2 Å². The van der Waals surface area contributed by atoms with Gasteiger partial charge in [0.15, 0.2) is 5.76 Å². The number of benzene rings is 1. The monoisotopic (exact) mass is 312 g/mol. The van der Waals surface area contributed by atoms with Gasteiger partial charge in [0.25, 0.3) is 11.8 Å². The summed E-state index contributed by atoms with van der Waals surface area (Å²) in [4.78, 5) is 23.9. The maximum atomic E-state index is 12.3. The molecule has 0 unspecified atom stereocenters. The van der Waals surface area contributed by atoms with E-state index < -0.39 is 11.8 Å². The molecule has 0 aliphatic heterocycles. The van der Waals surface area contributed by atoms with Crippen molar-refractivity contribution in [2.24, 2.45) is 5.73 Å². The van der Waals surface area contributed by atoms with Crippen molar-refractivity contribution in [3.8, 4) is 0 Å². The van der Waals surface area contributed by atoms with E-state index >= 15 is 0 Å². The predicted molar refractivity (Wildman–Crippen MR) is 85.5 cm³/mol. The number of furan rings is 2. The molecule has 0 aliphatic carbocycles. The SMILES string of the molecule is CCc1ccc(C(=O)Nc2c(C(N)=O)oc3ccc(C)cc23)o1. The van der Waals surface area contributed by atoms with Crippen LogP contribution in [-0.4, -0.2) is 11.8 Å². The van der Waals surface area contributed by atoms with E-state index in [1.807, 2.05) is 26.0 Å². The van der Waals surface area contributed by atoms with Crippen molar-refractivity contribution in [2.75, 3.05) is 5.32 Å². The van der Waals surface area contributed by atoms with Crippen LogP contribution in [0.5, 0.6) is 0 Å². The van der Waals surface area contributed by atoms with Crippen LogP contribution in [0, 0.1) is 6.92 Å². The molecule has 0 bridgehead atoms. The quantitative estimate of drug-likeness (QED) is 0.772. The topological polar surface area (TPSA) is 98.5 Å². The molecule has 0 spiro atoms. The zero-order valence-electron chi connectivity index (χ0n) is 12.8. The van der Waals surface area contributed by atoms with E-state index in [0.717, 1.165) is 5.56 Å². The van der Waals surface area contributed by atoms with E-state index in [-0.39, 0.29) is 17.2 Å². The molecule has 0 fully saturated rings. The molecule has 0 saturated heterocycles. The average Bonchev–Trinajstić information content (AvgIpc) is 3.12. The average molecular weight is 312 g/mol. The molecule has 3 aromatic rings. The van der Waals surface area contributed by atoms with Crippen molar-refractivity contribution in [1.82, 2.24) is 0 Å². The fraction of sp³-hybridized carbons (Fsp3) is 0.176. The Morgan fingerprint density at radius 1 is 1.17 bits per heavy atom. The first kappa shape index (κ1) is 14.9. The van der Waals surface area contributed by atoms with Gasteiger partial charge in [0, 0.05) is 11.8 Å². The minimum absolute atomic E-state index is 0.0822. The van der Waals surface area contributed by atoms with Crippen LogP contribution in [0.25, 0.3) is 11.0 Å². The lowest BCUT2D eigenvalue weighted by molar-refractivity contribution is 0.0977. The van der Waals surface area contributed by atoms with Gasteiger partial charge >= 0.3 is 0 Å².